The van der Waals surface area contributed by atoms with Gasteiger partial charge in [0.2, 0.25) is 0 Å². The third-order valence-electron chi connectivity index (χ3n) is 5.11. The zero-order chi connectivity index (χ0) is 19.3. The summed E-state index contributed by atoms with van der Waals surface area (Å²) < 4.78 is 11.1. The molecule has 0 atom stereocenters. The predicted molar refractivity (Wildman–Crippen MR) is 106 cm³/mol. The number of ether oxygens (including phenoxy) is 1. The van der Waals surface area contributed by atoms with Crippen molar-refractivity contribution in [3.8, 4) is 11.1 Å². The number of aliphatic hydroxyl groups is 1. The Morgan fingerprint density at radius 2 is 1.68 bits per heavy atom. The molecule has 1 heterocycles. The van der Waals surface area contributed by atoms with E-state index in [-0.39, 0.29) is 19.1 Å². The third-order valence-corrected chi connectivity index (χ3v) is 5.11. The van der Waals surface area contributed by atoms with Gasteiger partial charge in [-0.25, -0.2) is 4.79 Å². The fraction of sp³-hybridized carbons (Fsp3) is 0.261. The fourth-order valence-corrected chi connectivity index (χ4v) is 3.77. The number of hydrogen-bond acceptors (Lipinski definition) is 4. The van der Waals surface area contributed by atoms with Crippen molar-refractivity contribution in [1.82, 2.24) is 4.90 Å². The molecule has 144 valence electrons. The molecule has 2 aromatic carbocycles. The van der Waals surface area contributed by atoms with E-state index in [9.17, 15) is 4.79 Å². The molecule has 1 aromatic heterocycles. The van der Waals surface area contributed by atoms with Crippen LogP contribution < -0.4 is 0 Å². The van der Waals surface area contributed by atoms with Gasteiger partial charge in [-0.3, -0.25) is 0 Å². The van der Waals surface area contributed by atoms with Crippen molar-refractivity contribution in [3.63, 3.8) is 0 Å². The first kappa shape index (κ1) is 18.3. The Kier molecular flexibility index (Phi) is 5.44. The minimum atomic E-state index is -0.397. The lowest BCUT2D eigenvalue weighted by Crippen LogP contribution is -2.33. The first-order chi connectivity index (χ1) is 13.8. The molecule has 0 fully saturated rings. The van der Waals surface area contributed by atoms with Gasteiger partial charge in [-0.15, -0.1) is 0 Å². The van der Waals surface area contributed by atoms with Crippen molar-refractivity contribution in [2.24, 2.45) is 0 Å². The predicted octanol–water partition coefficient (Wildman–Crippen LogP) is 4.41. The van der Waals surface area contributed by atoms with Crippen molar-refractivity contribution >= 4 is 6.09 Å². The number of hydrogen-bond donors (Lipinski definition) is 1. The second-order valence-electron chi connectivity index (χ2n) is 6.88. The van der Waals surface area contributed by atoms with Gasteiger partial charge in [0.05, 0.1) is 12.8 Å². The van der Waals surface area contributed by atoms with Crippen molar-refractivity contribution < 1.29 is 19.1 Å². The maximum atomic E-state index is 12.7. The maximum Gasteiger partial charge on any atom is 0.410 e. The summed E-state index contributed by atoms with van der Waals surface area (Å²) in [6.45, 7) is 1.03. The summed E-state index contributed by atoms with van der Waals surface area (Å²) in [5.41, 5.74) is 4.77. The maximum absolute atomic E-state index is 12.7. The van der Waals surface area contributed by atoms with Gasteiger partial charge in [0.25, 0.3) is 0 Å². The minimum absolute atomic E-state index is 0.0192. The first-order valence-electron chi connectivity index (χ1n) is 9.51. The van der Waals surface area contributed by atoms with Crippen molar-refractivity contribution in [2.75, 3.05) is 19.8 Å². The molecule has 5 heteroatoms. The number of rotatable bonds is 7. The molecule has 4 rings (SSSR count). The van der Waals surface area contributed by atoms with Gasteiger partial charge in [0.15, 0.2) is 0 Å². The van der Waals surface area contributed by atoms with Crippen LogP contribution in [-0.2, 0) is 11.3 Å². The zero-order valence-corrected chi connectivity index (χ0v) is 15.6. The largest absolute Gasteiger partial charge is 0.467 e. The van der Waals surface area contributed by atoms with Crippen LogP contribution in [0, 0.1) is 0 Å². The molecular formula is C23H23NO4. The summed E-state index contributed by atoms with van der Waals surface area (Å²) in [6.07, 6.45) is 1.68. The number of carbonyl (C=O) groups excluding carboxylic acids is 1. The summed E-state index contributed by atoms with van der Waals surface area (Å²) in [4.78, 5) is 14.3. The van der Waals surface area contributed by atoms with E-state index in [1.54, 1.807) is 17.2 Å². The topological polar surface area (TPSA) is 62.9 Å². The second kappa shape index (κ2) is 8.31. The minimum Gasteiger partial charge on any atom is -0.467 e. The average molecular weight is 377 g/mol. The first-order valence-corrected chi connectivity index (χ1v) is 9.51. The molecule has 28 heavy (non-hydrogen) atoms. The van der Waals surface area contributed by atoms with Gasteiger partial charge >= 0.3 is 6.09 Å². The fourth-order valence-electron chi connectivity index (χ4n) is 3.77. The van der Waals surface area contributed by atoms with Crippen LogP contribution in [0.15, 0.2) is 71.3 Å². The highest BCUT2D eigenvalue weighted by Crippen LogP contribution is 2.44. The highest BCUT2D eigenvalue weighted by molar-refractivity contribution is 5.79. The molecular weight excluding hydrogens is 354 g/mol. The molecule has 1 amide bonds. The van der Waals surface area contributed by atoms with Gasteiger partial charge in [-0.05, 0) is 40.8 Å². The van der Waals surface area contributed by atoms with E-state index in [0.29, 0.717) is 25.3 Å². The number of furan rings is 1. The molecule has 5 nitrogen and oxygen atoms in total. The number of amides is 1. The van der Waals surface area contributed by atoms with Crippen LogP contribution in [0.25, 0.3) is 11.1 Å². The molecule has 0 saturated carbocycles. The van der Waals surface area contributed by atoms with Crippen LogP contribution in [0.5, 0.6) is 0 Å². The highest BCUT2D eigenvalue weighted by Gasteiger charge is 2.29. The standard InChI is InChI=1S/C23H23NO4/c25-13-6-12-24(15-17-7-5-14-27-17)23(26)28-16-22-20-10-3-1-8-18(20)19-9-2-4-11-21(19)22/h1-5,7-11,14,22,25H,6,12-13,15-16H2. The Morgan fingerprint density at radius 1 is 1.00 bits per heavy atom. The van der Waals surface area contributed by atoms with Crippen molar-refractivity contribution in [1.29, 1.82) is 0 Å². The van der Waals surface area contributed by atoms with Gasteiger partial charge < -0.3 is 19.2 Å². The molecule has 3 aromatic rings. The Balaban J connectivity index is 1.49. The molecule has 0 saturated heterocycles. The van der Waals surface area contributed by atoms with Crippen LogP contribution in [-0.4, -0.2) is 35.9 Å². The molecule has 1 aliphatic carbocycles. The lowest BCUT2D eigenvalue weighted by molar-refractivity contribution is 0.0918. The molecule has 0 radical (unpaired) electrons. The van der Waals surface area contributed by atoms with Crippen LogP contribution in [0.2, 0.25) is 0 Å². The van der Waals surface area contributed by atoms with Crippen LogP contribution in [0.3, 0.4) is 0 Å². The summed E-state index contributed by atoms with van der Waals surface area (Å²) in [5, 5.41) is 9.14. The highest BCUT2D eigenvalue weighted by atomic mass is 16.6. The molecule has 1 aliphatic rings. The number of carbonyl (C=O) groups is 1. The van der Waals surface area contributed by atoms with E-state index < -0.39 is 6.09 Å². The number of aliphatic hydroxyl groups excluding tert-OH is 1. The van der Waals surface area contributed by atoms with E-state index in [1.165, 1.54) is 22.3 Å². The average Bonchev–Trinajstić information content (AvgIpc) is 3.35. The van der Waals surface area contributed by atoms with Crippen LogP contribution >= 0.6 is 0 Å². The molecule has 0 unspecified atom stereocenters. The lowest BCUT2D eigenvalue weighted by Gasteiger charge is -2.22. The Labute approximate surface area is 164 Å². The van der Waals surface area contributed by atoms with Crippen LogP contribution in [0.1, 0.15) is 29.2 Å². The Hall–Kier alpha value is -3.05. The summed E-state index contributed by atoms with van der Waals surface area (Å²) in [7, 11) is 0. The number of benzene rings is 2. The van der Waals surface area contributed by atoms with Crippen molar-refractivity contribution in [3.05, 3.63) is 83.8 Å². The van der Waals surface area contributed by atoms with Crippen LogP contribution in [0.4, 0.5) is 4.79 Å². The normalized spacial score (nSPS) is 12.5. The van der Waals surface area contributed by atoms with E-state index >= 15 is 0 Å². The third kappa shape index (κ3) is 3.66. The number of fused-ring (bicyclic) bond motifs is 3. The van der Waals surface area contributed by atoms with Crippen molar-refractivity contribution in [2.45, 2.75) is 18.9 Å². The molecule has 0 aliphatic heterocycles. The van der Waals surface area contributed by atoms with Gasteiger partial charge in [0.1, 0.15) is 12.4 Å². The van der Waals surface area contributed by atoms with Gasteiger partial charge in [-0.1, -0.05) is 48.5 Å². The summed E-state index contributed by atoms with van der Waals surface area (Å²) in [6, 6.07) is 20.1. The lowest BCUT2D eigenvalue weighted by atomic mass is 9.98. The van der Waals surface area contributed by atoms with Gasteiger partial charge in [-0.2, -0.15) is 0 Å². The quantitative estimate of drug-likeness (QED) is 0.662. The summed E-state index contributed by atoms with van der Waals surface area (Å²) in [5.74, 6) is 0.714. The molecule has 1 N–H and O–H groups in total. The van der Waals surface area contributed by atoms with E-state index in [1.807, 2.05) is 30.3 Å². The number of nitrogens with zero attached hydrogens (tertiary/aromatic N) is 1. The smallest absolute Gasteiger partial charge is 0.410 e. The second-order valence-corrected chi connectivity index (χ2v) is 6.88. The molecule has 0 bridgehead atoms. The SMILES string of the molecule is O=C(OCC1c2ccccc2-c2ccccc21)N(CCCO)Cc1ccco1. The zero-order valence-electron chi connectivity index (χ0n) is 15.6. The van der Waals surface area contributed by atoms with E-state index in [0.717, 1.165) is 0 Å². The van der Waals surface area contributed by atoms with E-state index in [4.69, 9.17) is 14.3 Å². The molecule has 0 spiro atoms. The van der Waals surface area contributed by atoms with E-state index in [2.05, 4.69) is 24.3 Å². The Bertz CT molecular complexity index is 890. The monoisotopic (exact) mass is 377 g/mol. The van der Waals surface area contributed by atoms with Gasteiger partial charge in [0, 0.05) is 19.1 Å². The Morgan fingerprint density at radius 3 is 2.29 bits per heavy atom. The summed E-state index contributed by atoms with van der Waals surface area (Å²) >= 11 is 0.